The lowest BCUT2D eigenvalue weighted by molar-refractivity contribution is -0.385. The fourth-order valence-corrected chi connectivity index (χ4v) is 3.33. The van der Waals surface area contributed by atoms with Gasteiger partial charge in [-0.15, -0.1) is 0 Å². The summed E-state index contributed by atoms with van der Waals surface area (Å²) in [4.78, 5) is 37.1. The summed E-state index contributed by atoms with van der Waals surface area (Å²) in [7, 11) is 1.48. The zero-order valence-corrected chi connectivity index (χ0v) is 15.4. The maximum Gasteiger partial charge on any atom is 0.295 e. The third-order valence-corrected chi connectivity index (χ3v) is 4.67. The number of benzene rings is 2. The van der Waals surface area contributed by atoms with Crippen LogP contribution in [0.5, 0.6) is 5.75 Å². The number of nitrogens with zero attached hydrogens (tertiary/aromatic N) is 2. The van der Waals surface area contributed by atoms with Crippen molar-refractivity contribution in [1.82, 2.24) is 4.90 Å². The average molecular weight is 398 g/mol. The van der Waals surface area contributed by atoms with Crippen LogP contribution in [0.2, 0.25) is 0 Å². The number of carbonyl (C=O) groups excluding carboxylic acids is 2. The molecule has 3 rings (SSSR count). The predicted molar refractivity (Wildman–Crippen MR) is 102 cm³/mol. The number of methoxy groups -OCH3 is 1. The second kappa shape index (κ2) is 8.11. The summed E-state index contributed by atoms with van der Waals surface area (Å²) in [5.74, 6) is -1.86. The molecule has 2 aromatic carbocycles. The summed E-state index contributed by atoms with van der Waals surface area (Å²) in [5.41, 5.74) is -0.262. The van der Waals surface area contributed by atoms with E-state index < -0.39 is 35.0 Å². The molecular weight excluding hydrogens is 380 g/mol. The summed E-state index contributed by atoms with van der Waals surface area (Å²) in [6, 6.07) is 10.6. The van der Waals surface area contributed by atoms with Gasteiger partial charge in [0.25, 0.3) is 17.4 Å². The molecule has 0 unspecified atom stereocenters. The predicted octanol–water partition coefficient (Wildman–Crippen LogP) is 2.02. The Morgan fingerprint density at radius 1 is 1.17 bits per heavy atom. The number of hydrogen-bond donors (Lipinski definition) is 2. The number of likely N-dealkylation sites (tertiary alicyclic amines) is 1. The smallest absolute Gasteiger partial charge is 0.295 e. The van der Waals surface area contributed by atoms with Crippen LogP contribution in [0.3, 0.4) is 0 Å². The van der Waals surface area contributed by atoms with Crippen LogP contribution in [0.1, 0.15) is 17.2 Å². The van der Waals surface area contributed by atoms with Gasteiger partial charge in [-0.3, -0.25) is 19.7 Å². The van der Waals surface area contributed by atoms with Crippen molar-refractivity contribution in [3.63, 3.8) is 0 Å². The van der Waals surface area contributed by atoms with Gasteiger partial charge < -0.3 is 19.8 Å². The lowest BCUT2D eigenvalue weighted by Crippen LogP contribution is -2.32. The van der Waals surface area contributed by atoms with Crippen molar-refractivity contribution >= 4 is 23.1 Å². The van der Waals surface area contributed by atoms with E-state index in [-0.39, 0.29) is 28.9 Å². The highest BCUT2D eigenvalue weighted by Crippen LogP contribution is 2.42. The van der Waals surface area contributed by atoms with Crippen molar-refractivity contribution in [2.45, 2.75) is 6.04 Å². The Morgan fingerprint density at radius 3 is 2.41 bits per heavy atom. The van der Waals surface area contributed by atoms with E-state index in [1.165, 1.54) is 43.5 Å². The maximum absolute atomic E-state index is 12.7. The molecule has 0 spiro atoms. The number of amides is 1. The van der Waals surface area contributed by atoms with E-state index in [1.807, 2.05) is 0 Å². The van der Waals surface area contributed by atoms with Crippen LogP contribution < -0.4 is 4.74 Å². The molecule has 1 aliphatic heterocycles. The molecule has 1 heterocycles. The molecule has 29 heavy (non-hydrogen) atoms. The van der Waals surface area contributed by atoms with Gasteiger partial charge in [-0.1, -0.05) is 12.1 Å². The van der Waals surface area contributed by atoms with Crippen molar-refractivity contribution in [3.05, 3.63) is 75.3 Å². The van der Waals surface area contributed by atoms with Gasteiger partial charge >= 0.3 is 0 Å². The van der Waals surface area contributed by atoms with Gasteiger partial charge in [-0.05, 0) is 30.3 Å². The van der Waals surface area contributed by atoms with E-state index in [0.29, 0.717) is 5.75 Å². The van der Waals surface area contributed by atoms with Crippen LogP contribution in [-0.4, -0.2) is 52.0 Å². The Balaban J connectivity index is 2.23. The fourth-order valence-electron chi connectivity index (χ4n) is 3.33. The first-order chi connectivity index (χ1) is 13.9. The number of nitro groups is 1. The summed E-state index contributed by atoms with van der Waals surface area (Å²) in [6.45, 7) is -0.673. The Morgan fingerprint density at radius 2 is 1.83 bits per heavy atom. The number of hydrogen-bond acceptors (Lipinski definition) is 7. The number of ketones is 1. The Hall–Kier alpha value is -3.72. The monoisotopic (exact) mass is 398 g/mol. The number of aliphatic hydroxyl groups is 2. The van der Waals surface area contributed by atoms with Gasteiger partial charge in [-0.2, -0.15) is 0 Å². The van der Waals surface area contributed by atoms with Crippen molar-refractivity contribution < 1.29 is 29.5 Å². The summed E-state index contributed by atoms with van der Waals surface area (Å²) < 4.78 is 5.06. The molecule has 2 aromatic rings. The molecule has 0 aliphatic carbocycles. The lowest BCUT2D eigenvalue weighted by atomic mass is 9.94. The highest BCUT2D eigenvalue weighted by Gasteiger charge is 2.47. The van der Waals surface area contributed by atoms with E-state index in [0.717, 1.165) is 4.90 Å². The second-order valence-corrected chi connectivity index (χ2v) is 6.26. The molecular formula is C20H18N2O7. The summed E-state index contributed by atoms with van der Waals surface area (Å²) >= 11 is 0. The number of Topliss-reactive ketones (excluding diaryl/α,β-unsaturated/α-hetero) is 1. The van der Waals surface area contributed by atoms with Gasteiger partial charge in [0.2, 0.25) is 0 Å². The van der Waals surface area contributed by atoms with Crippen LogP contribution in [0.25, 0.3) is 5.76 Å². The minimum atomic E-state index is -1.20. The van der Waals surface area contributed by atoms with Gasteiger partial charge in [0, 0.05) is 18.2 Å². The molecule has 150 valence electrons. The van der Waals surface area contributed by atoms with Gasteiger partial charge in [-0.25, -0.2) is 0 Å². The van der Waals surface area contributed by atoms with Crippen molar-refractivity contribution in [1.29, 1.82) is 0 Å². The summed E-state index contributed by atoms with van der Waals surface area (Å²) in [5, 5.41) is 31.7. The van der Waals surface area contributed by atoms with Crippen LogP contribution in [-0.2, 0) is 9.59 Å². The normalized spacial score (nSPS) is 18.1. The standard InChI is InChI=1S/C20H18N2O7/c1-29-13-8-6-12(7-9-13)18(24)16-17(21(10-11-23)20(26)19(16)25)14-4-2-3-5-15(14)22(27)28/h2-9,17,23-24H,10-11H2,1H3/b18-16+/t17-/m0/s1. The third kappa shape index (κ3) is 3.55. The fraction of sp³-hybridized carbons (Fsp3) is 0.200. The number of nitro benzene ring substituents is 1. The largest absolute Gasteiger partial charge is 0.507 e. The van der Waals surface area contributed by atoms with Crippen molar-refractivity contribution in [2.75, 3.05) is 20.3 Å². The third-order valence-electron chi connectivity index (χ3n) is 4.67. The van der Waals surface area contributed by atoms with Crippen LogP contribution in [0, 0.1) is 10.1 Å². The zero-order valence-electron chi connectivity index (χ0n) is 15.4. The lowest BCUT2D eigenvalue weighted by Gasteiger charge is -2.24. The van der Waals surface area contributed by atoms with Crippen LogP contribution in [0.4, 0.5) is 5.69 Å². The number of rotatable bonds is 6. The SMILES string of the molecule is COc1ccc(/C(O)=C2\C(=O)C(=O)N(CCO)[C@H]2c2ccccc2[N+](=O)[O-])cc1. The van der Waals surface area contributed by atoms with E-state index in [9.17, 15) is 29.9 Å². The first kappa shape index (κ1) is 20.0. The molecule has 0 bridgehead atoms. The van der Waals surface area contributed by atoms with Crippen LogP contribution in [0.15, 0.2) is 54.1 Å². The summed E-state index contributed by atoms with van der Waals surface area (Å²) in [6.07, 6.45) is 0. The first-order valence-electron chi connectivity index (χ1n) is 8.67. The molecule has 1 aliphatic rings. The molecule has 2 N–H and O–H groups in total. The second-order valence-electron chi connectivity index (χ2n) is 6.26. The first-order valence-corrected chi connectivity index (χ1v) is 8.67. The maximum atomic E-state index is 12.7. The minimum absolute atomic E-state index is 0.0696. The molecule has 9 nitrogen and oxygen atoms in total. The van der Waals surface area contributed by atoms with Crippen molar-refractivity contribution in [2.24, 2.45) is 0 Å². The highest BCUT2D eigenvalue weighted by atomic mass is 16.6. The topological polar surface area (TPSA) is 130 Å². The van der Waals surface area contributed by atoms with Gasteiger partial charge in [0.15, 0.2) is 0 Å². The van der Waals surface area contributed by atoms with E-state index in [1.54, 1.807) is 12.1 Å². The minimum Gasteiger partial charge on any atom is -0.507 e. The molecule has 1 saturated heterocycles. The highest BCUT2D eigenvalue weighted by molar-refractivity contribution is 6.46. The molecule has 1 atom stereocenters. The Bertz CT molecular complexity index is 998. The molecule has 9 heteroatoms. The number of ether oxygens (including phenoxy) is 1. The van der Waals surface area contributed by atoms with E-state index in [4.69, 9.17) is 4.74 Å². The number of para-hydroxylation sites is 1. The van der Waals surface area contributed by atoms with Crippen molar-refractivity contribution in [3.8, 4) is 5.75 Å². The Kier molecular flexibility index (Phi) is 5.60. The van der Waals surface area contributed by atoms with E-state index >= 15 is 0 Å². The Labute approximate surface area is 165 Å². The number of β-amino-alcohol motifs (C(OH)–C–C–N with tert-alkyl or cyclic N) is 1. The molecule has 0 radical (unpaired) electrons. The molecule has 0 saturated carbocycles. The average Bonchev–Trinajstić information content (AvgIpc) is 2.98. The number of carbonyl (C=O) groups is 2. The van der Waals surface area contributed by atoms with E-state index in [2.05, 4.69) is 0 Å². The van der Waals surface area contributed by atoms with Gasteiger partial charge in [0.1, 0.15) is 11.5 Å². The molecule has 0 aromatic heterocycles. The molecule has 1 fully saturated rings. The zero-order chi connectivity index (χ0) is 21.1. The molecule has 1 amide bonds. The number of aliphatic hydroxyl groups excluding tert-OH is 2. The van der Waals surface area contributed by atoms with Gasteiger partial charge in [0.05, 0.1) is 35.8 Å². The quantitative estimate of drug-likeness (QED) is 0.250. The van der Waals surface area contributed by atoms with Crippen LogP contribution >= 0.6 is 0 Å².